The first-order valence-electron chi connectivity index (χ1n) is 3.95. The van der Waals surface area contributed by atoms with E-state index in [1.54, 1.807) is 0 Å². The summed E-state index contributed by atoms with van der Waals surface area (Å²) in [7, 11) is -1.48. The Labute approximate surface area is 86.2 Å². The van der Waals surface area contributed by atoms with Crippen molar-refractivity contribution in [1.29, 1.82) is 0 Å². The van der Waals surface area contributed by atoms with E-state index in [0.717, 1.165) is 0 Å². The van der Waals surface area contributed by atoms with Gasteiger partial charge in [0.2, 0.25) is 0 Å². The highest BCUT2D eigenvalue weighted by molar-refractivity contribution is 7.83. The van der Waals surface area contributed by atoms with Gasteiger partial charge in [0.05, 0.1) is 20.3 Å². The van der Waals surface area contributed by atoms with Crippen LogP contribution in [0.15, 0.2) is 0 Å². The van der Waals surface area contributed by atoms with E-state index in [2.05, 4.69) is 44.9 Å². The van der Waals surface area contributed by atoms with E-state index >= 15 is 0 Å². The van der Waals surface area contributed by atoms with Crippen LogP contribution in [0.5, 0.6) is 0 Å². The molecule has 5 heteroatoms. The zero-order valence-electron chi connectivity index (χ0n) is 7.73. The molecule has 0 aromatic rings. The highest BCUT2D eigenvalue weighted by Crippen LogP contribution is 2.19. The zero-order chi connectivity index (χ0) is 9.94. The van der Waals surface area contributed by atoms with Gasteiger partial charge in [-0.2, -0.15) is 25.3 Å². The lowest BCUT2D eigenvalue weighted by atomic mass is 10.2. The van der Waals surface area contributed by atoms with E-state index in [1.807, 2.05) is 0 Å². The third kappa shape index (κ3) is 3.70. The first-order valence-corrected chi connectivity index (χ1v) is 8.68. The number of hydrogen-bond acceptors (Lipinski definition) is 4. The molecule has 3 atom stereocenters. The molecule has 1 unspecified atom stereocenters. The molecule has 74 valence electrons. The summed E-state index contributed by atoms with van der Waals surface area (Å²) in [6.45, 7) is 6.33. The number of rotatable bonds is 4. The Morgan fingerprint density at radius 2 is 1.67 bits per heavy atom. The summed E-state index contributed by atoms with van der Waals surface area (Å²) < 4.78 is 0. The number of aliphatic hydroxyl groups is 2. The Hall–Kier alpha value is 0.837. The number of thiol groups is 2. The van der Waals surface area contributed by atoms with Crippen LogP contribution in [0.2, 0.25) is 19.6 Å². The van der Waals surface area contributed by atoms with Gasteiger partial charge in [-0.15, -0.1) is 0 Å². The predicted octanol–water partition coefficient (Wildman–Crippen LogP) is 0.814. The summed E-state index contributed by atoms with van der Waals surface area (Å²) >= 11 is 8.23. The van der Waals surface area contributed by atoms with Crippen molar-refractivity contribution in [3.8, 4) is 0 Å². The molecule has 0 rings (SSSR count). The lowest BCUT2D eigenvalue weighted by Gasteiger charge is -2.31. The van der Waals surface area contributed by atoms with Crippen LogP contribution >= 0.6 is 25.3 Å². The minimum atomic E-state index is -1.48. The van der Waals surface area contributed by atoms with E-state index in [0.29, 0.717) is 0 Å². The molecule has 12 heavy (non-hydrogen) atoms. The Kier molecular flexibility index (Phi) is 5.25. The van der Waals surface area contributed by atoms with Crippen molar-refractivity contribution in [2.45, 2.75) is 36.7 Å². The molecule has 0 saturated carbocycles. The van der Waals surface area contributed by atoms with Crippen molar-refractivity contribution in [1.82, 2.24) is 0 Å². The molecule has 0 fully saturated rings. The molecule has 0 radical (unpaired) electrons. The monoisotopic (exact) mass is 226 g/mol. The number of hydrogen-bond donors (Lipinski definition) is 4. The van der Waals surface area contributed by atoms with Crippen molar-refractivity contribution >= 4 is 33.3 Å². The van der Waals surface area contributed by atoms with Gasteiger partial charge in [0.1, 0.15) is 0 Å². The Morgan fingerprint density at radius 3 is 1.92 bits per heavy atom. The van der Waals surface area contributed by atoms with Crippen LogP contribution in [0, 0.1) is 0 Å². The Morgan fingerprint density at radius 1 is 1.25 bits per heavy atom. The molecule has 0 aliphatic heterocycles. The lowest BCUT2D eigenvalue weighted by molar-refractivity contribution is 0.0433. The second-order valence-electron chi connectivity index (χ2n) is 4.05. The standard InChI is InChI=1S/C7H18O2S2Si/c1-12(2,3)7(11)6(9)5(8)4-10/h5-11H,4H2,1-3H3/t5-,6-,7?/m1/s1. The van der Waals surface area contributed by atoms with Crippen LogP contribution in [0.1, 0.15) is 0 Å². The van der Waals surface area contributed by atoms with E-state index in [4.69, 9.17) is 0 Å². The van der Waals surface area contributed by atoms with Crippen molar-refractivity contribution in [3.05, 3.63) is 0 Å². The van der Waals surface area contributed by atoms with Gasteiger partial charge in [-0.1, -0.05) is 19.6 Å². The van der Waals surface area contributed by atoms with Gasteiger partial charge in [0.15, 0.2) is 0 Å². The van der Waals surface area contributed by atoms with Gasteiger partial charge in [-0.3, -0.25) is 0 Å². The average Bonchev–Trinajstić information content (AvgIpc) is 1.98. The van der Waals surface area contributed by atoms with E-state index in [-0.39, 0.29) is 10.6 Å². The maximum atomic E-state index is 9.58. The van der Waals surface area contributed by atoms with Crippen LogP contribution in [0.3, 0.4) is 0 Å². The van der Waals surface area contributed by atoms with Gasteiger partial charge in [-0.05, 0) is 0 Å². The molecule has 2 nitrogen and oxygen atoms in total. The minimum absolute atomic E-state index is 0.0975. The van der Waals surface area contributed by atoms with Gasteiger partial charge < -0.3 is 10.2 Å². The summed E-state index contributed by atoms with van der Waals surface area (Å²) in [5.41, 5.74) is 0. The van der Waals surface area contributed by atoms with Gasteiger partial charge in [-0.25, -0.2) is 0 Å². The van der Waals surface area contributed by atoms with Crippen molar-refractivity contribution < 1.29 is 10.2 Å². The van der Waals surface area contributed by atoms with Crippen molar-refractivity contribution in [2.24, 2.45) is 0 Å². The first-order chi connectivity index (χ1) is 5.30. The molecule has 0 aromatic carbocycles. The molecule has 0 aliphatic carbocycles. The highest BCUT2D eigenvalue weighted by atomic mass is 32.1. The molecule has 0 aliphatic rings. The average molecular weight is 226 g/mol. The smallest absolute Gasteiger partial charge is 0.0897 e. The molecular formula is C7H18O2S2Si. The molecular weight excluding hydrogens is 208 g/mol. The second kappa shape index (κ2) is 4.90. The first kappa shape index (κ1) is 12.8. The van der Waals surface area contributed by atoms with E-state index in [9.17, 15) is 10.2 Å². The molecule has 0 aromatic heterocycles. The van der Waals surface area contributed by atoms with Crippen LogP contribution in [-0.2, 0) is 0 Å². The van der Waals surface area contributed by atoms with Crippen molar-refractivity contribution in [3.63, 3.8) is 0 Å². The molecule has 0 saturated heterocycles. The van der Waals surface area contributed by atoms with Gasteiger partial charge >= 0.3 is 0 Å². The Balaban J connectivity index is 4.19. The molecule has 0 amide bonds. The molecule has 2 N–H and O–H groups in total. The fourth-order valence-electron chi connectivity index (χ4n) is 0.831. The topological polar surface area (TPSA) is 40.5 Å². The third-order valence-corrected chi connectivity index (χ3v) is 6.91. The Bertz CT molecular complexity index is 138. The summed E-state index contributed by atoms with van der Waals surface area (Å²) in [4.78, 5) is -0.0975. The maximum Gasteiger partial charge on any atom is 0.0897 e. The van der Waals surface area contributed by atoms with Crippen molar-refractivity contribution in [2.75, 3.05) is 5.75 Å². The van der Waals surface area contributed by atoms with E-state index in [1.165, 1.54) is 0 Å². The maximum absolute atomic E-state index is 9.58. The van der Waals surface area contributed by atoms with E-state index < -0.39 is 20.3 Å². The van der Waals surface area contributed by atoms with Crippen LogP contribution in [0.4, 0.5) is 0 Å². The van der Waals surface area contributed by atoms with Gasteiger partial charge in [0.25, 0.3) is 0 Å². The van der Waals surface area contributed by atoms with Crippen LogP contribution < -0.4 is 0 Å². The summed E-state index contributed by atoms with van der Waals surface area (Å²) in [6.07, 6.45) is -1.51. The van der Waals surface area contributed by atoms with Crippen LogP contribution in [0.25, 0.3) is 0 Å². The summed E-state index contributed by atoms with van der Waals surface area (Å²) in [5, 5.41) is 18.9. The molecule has 0 bridgehead atoms. The van der Waals surface area contributed by atoms with Crippen LogP contribution in [-0.4, -0.2) is 41.1 Å². The van der Waals surface area contributed by atoms with Gasteiger partial charge in [0, 0.05) is 10.6 Å². The fraction of sp³-hybridized carbons (Fsp3) is 1.00. The summed E-state index contributed by atoms with van der Waals surface area (Å²) in [6, 6.07) is 0. The lowest BCUT2D eigenvalue weighted by Crippen LogP contribution is -2.48. The third-order valence-electron chi connectivity index (χ3n) is 1.79. The molecule has 0 heterocycles. The molecule has 0 spiro atoms. The minimum Gasteiger partial charge on any atom is -0.390 e. The number of aliphatic hydroxyl groups excluding tert-OH is 2. The fourth-order valence-corrected chi connectivity index (χ4v) is 2.49. The normalized spacial score (nSPS) is 20.2. The largest absolute Gasteiger partial charge is 0.390 e. The SMILES string of the molecule is C[Si](C)(C)C(S)[C@H](O)[C@H](O)CS. The zero-order valence-corrected chi connectivity index (χ0v) is 10.5. The summed E-state index contributed by atoms with van der Waals surface area (Å²) in [5.74, 6) is 0.280. The highest BCUT2D eigenvalue weighted by Gasteiger charge is 2.33. The second-order valence-corrected chi connectivity index (χ2v) is 10.8. The predicted molar refractivity (Wildman–Crippen MR) is 62.0 cm³/mol. The quantitative estimate of drug-likeness (QED) is 0.423.